The molecule has 6 heteroatoms. The lowest BCUT2D eigenvalue weighted by atomic mass is 10.1. The number of amides is 2. The highest BCUT2D eigenvalue weighted by Gasteiger charge is 2.27. The van der Waals surface area contributed by atoms with Crippen molar-refractivity contribution in [3.05, 3.63) is 65.4 Å². The SMILES string of the molecule is CN1C(=O)/C(=C/c2ccc(C(=O)NC[C@H]3CCCO3)cc2)Oc2ccccc21. The quantitative estimate of drug-likeness (QED) is 0.831. The molecule has 2 amide bonds. The fourth-order valence-electron chi connectivity index (χ4n) is 3.34. The molecule has 2 aliphatic rings. The van der Waals surface area contributed by atoms with Gasteiger partial charge < -0.3 is 19.7 Å². The van der Waals surface area contributed by atoms with E-state index in [-0.39, 0.29) is 23.7 Å². The number of anilines is 1. The molecule has 4 rings (SSSR count). The van der Waals surface area contributed by atoms with Crippen molar-refractivity contribution in [2.45, 2.75) is 18.9 Å². The van der Waals surface area contributed by atoms with Crippen LogP contribution in [0.25, 0.3) is 6.08 Å². The Labute approximate surface area is 163 Å². The first-order chi connectivity index (χ1) is 13.6. The van der Waals surface area contributed by atoms with Crippen LogP contribution in [-0.4, -0.2) is 38.1 Å². The molecule has 0 bridgehead atoms. The van der Waals surface area contributed by atoms with E-state index in [0.29, 0.717) is 17.9 Å². The number of hydrogen-bond donors (Lipinski definition) is 1. The molecule has 28 heavy (non-hydrogen) atoms. The Bertz CT molecular complexity index is 914. The van der Waals surface area contributed by atoms with Crippen molar-refractivity contribution >= 4 is 23.6 Å². The van der Waals surface area contributed by atoms with Crippen LogP contribution in [0.2, 0.25) is 0 Å². The molecule has 0 spiro atoms. The van der Waals surface area contributed by atoms with Gasteiger partial charge in [0.2, 0.25) is 0 Å². The van der Waals surface area contributed by atoms with Gasteiger partial charge in [0.25, 0.3) is 11.8 Å². The third-order valence-electron chi connectivity index (χ3n) is 4.95. The zero-order valence-corrected chi connectivity index (χ0v) is 15.7. The maximum atomic E-state index is 12.5. The van der Waals surface area contributed by atoms with Gasteiger partial charge in [-0.05, 0) is 48.7 Å². The molecular weight excluding hydrogens is 356 g/mol. The molecule has 2 heterocycles. The minimum atomic E-state index is -0.211. The van der Waals surface area contributed by atoms with Gasteiger partial charge in [-0.15, -0.1) is 0 Å². The first-order valence-corrected chi connectivity index (χ1v) is 9.38. The Balaban J connectivity index is 1.45. The van der Waals surface area contributed by atoms with Crippen molar-refractivity contribution < 1.29 is 19.1 Å². The van der Waals surface area contributed by atoms with Crippen LogP contribution in [0, 0.1) is 0 Å². The number of fused-ring (bicyclic) bond motifs is 1. The van der Waals surface area contributed by atoms with Gasteiger partial charge in [0.15, 0.2) is 11.5 Å². The number of para-hydroxylation sites is 2. The molecule has 0 aliphatic carbocycles. The van der Waals surface area contributed by atoms with Crippen molar-refractivity contribution in [3.63, 3.8) is 0 Å². The van der Waals surface area contributed by atoms with E-state index in [9.17, 15) is 9.59 Å². The predicted molar refractivity (Wildman–Crippen MR) is 106 cm³/mol. The summed E-state index contributed by atoms with van der Waals surface area (Å²) in [6.45, 7) is 1.29. The minimum Gasteiger partial charge on any atom is -0.449 e. The average Bonchev–Trinajstić information content (AvgIpc) is 3.24. The van der Waals surface area contributed by atoms with Crippen LogP contribution in [0.1, 0.15) is 28.8 Å². The fourth-order valence-corrected chi connectivity index (χ4v) is 3.34. The van der Waals surface area contributed by atoms with E-state index in [0.717, 1.165) is 30.7 Å². The third kappa shape index (κ3) is 3.77. The monoisotopic (exact) mass is 378 g/mol. The number of carbonyl (C=O) groups excluding carboxylic acids is 2. The Hall–Kier alpha value is -3.12. The van der Waals surface area contributed by atoms with Crippen molar-refractivity contribution in [2.75, 3.05) is 25.1 Å². The minimum absolute atomic E-state index is 0.113. The summed E-state index contributed by atoms with van der Waals surface area (Å²) in [4.78, 5) is 26.4. The number of carbonyl (C=O) groups is 2. The van der Waals surface area contributed by atoms with E-state index in [2.05, 4.69) is 5.32 Å². The summed E-state index contributed by atoms with van der Waals surface area (Å²) in [7, 11) is 1.72. The van der Waals surface area contributed by atoms with Crippen LogP contribution in [0.4, 0.5) is 5.69 Å². The fraction of sp³-hybridized carbons (Fsp3) is 0.273. The first-order valence-electron chi connectivity index (χ1n) is 9.38. The highest BCUT2D eigenvalue weighted by atomic mass is 16.5. The molecule has 1 atom stereocenters. The molecule has 0 saturated carbocycles. The van der Waals surface area contributed by atoms with Gasteiger partial charge in [-0.3, -0.25) is 9.59 Å². The van der Waals surface area contributed by atoms with Gasteiger partial charge in [-0.1, -0.05) is 24.3 Å². The van der Waals surface area contributed by atoms with Crippen LogP contribution >= 0.6 is 0 Å². The summed E-state index contributed by atoms with van der Waals surface area (Å²) in [6, 6.07) is 14.5. The van der Waals surface area contributed by atoms with Gasteiger partial charge >= 0.3 is 0 Å². The lowest BCUT2D eigenvalue weighted by Gasteiger charge is -2.27. The van der Waals surface area contributed by atoms with E-state index >= 15 is 0 Å². The molecule has 0 aromatic heterocycles. The summed E-state index contributed by atoms with van der Waals surface area (Å²) < 4.78 is 11.3. The lowest BCUT2D eigenvalue weighted by molar-refractivity contribution is -0.117. The van der Waals surface area contributed by atoms with E-state index in [1.54, 1.807) is 42.3 Å². The van der Waals surface area contributed by atoms with Gasteiger partial charge in [-0.25, -0.2) is 0 Å². The predicted octanol–water partition coefficient (Wildman–Crippen LogP) is 2.99. The van der Waals surface area contributed by atoms with E-state index in [1.165, 1.54) is 0 Å². The summed E-state index contributed by atoms with van der Waals surface area (Å²) in [6.07, 6.45) is 3.83. The maximum absolute atomic E-state index is 12.5. The van der Waals surface area contributed by atoms with E-state index < -0.39 is 0 Å². The molecule has 1 saturated heterocycles. The topological polar surface area (TPSA) is 67.9 Å². The first kappa shape index (κ1) is 18.3. The van der Waals surface area contributed by atoms with Gasteiger partial charge in [0.05, 0.1) is 11.8 Å². The van der Waals surface area contributed by atoms with Gasteiger partial charge in [0, 0.05) is 25.8 Å². The highest BCUT2D eigenvalue weighted by molar-refractivity contribution is 6.09. The van der Waals surface area contributed by atoms with Crippen molar-refractivity contribution in [2.24, 2.45) is 0 Å². The number of hydrogen-bond acceptors (Lipinski definition) is 4. The van der Waals surface area contributed by atoms with E-state index in [1.807, 2.05) is 24.3 Å². The van der Waals surface area contributed by atoms with Crippen molar-refractivity contribution in [1.82, 2.24) is 5.32 Å². The van der Waals surface area contributed by atoms with Crippen LogP contribution in [0.5, 0.6) is 5.75 Å². The largest absolute Gasteiger partial charge is 0.449 e. The van der Waals surface area contributed by atoms with Crippen LogP contribution in [-0.2, 0) is 9.53 Å². The molecule has 2 aliphatic heterocycles. The summed E-state index contributed by atoms with van der Waals surface area (Å²) in [5, 5.41) is 2.90. The Morgan fingerprint density at radius 2 is 2.00 bits per heavy atom. The molecule has 6 nitrogen and oxygen atoms in total. The number of likely N-dealkylation sites (N-methyl/N-ethyl adjacent to an activating group) is 1. The standard InChI is InChI=1S/C22H22N2O4/c1-24-18-6-2-3-7-19(18)28-20(22(24)26)13-15-8-10-16(11-9-15)21(25)23-14-17-5-4-12-27-17/h2-3,6-11,13,17H,4-5,12,14H2,1H3,(H,23,25)/b20-13-/t17-/m1/s1. The summed E-state index contributed by atoms with van der Waals surface area (Å²) in [5.74, 6) is 0.545. The summed E-state index contributed by atoms with van der Waals surface area (Å²) >= 11 is 0. The number of benzene rings is 2. The van der Waals surface area contributed by atoms with Crippen LogP contribution in [0.3, 0.4) is 0 Å². The molecule has 2 aromatic rings. The van der Waals surface area contributed by atoms with Crippen molar-refractivity contribution in [1.29, 1.82) is 0 Å². The second-order valence-electron chi connectivity index (χ2n) is 6.91. The molecule has 0 unspecified atom stereocenters. The zero-order valence-electron chi connectivity index (χ0n) is 15.7. The van der Waals surface area contributed by atoms with Gasteiger partial charge in [0.1, 0.15) is 0 Å². The second kappa shape index (κ2) is 7.86. The smallest absolute Gasteiger partial charge is 0.293 e. The molecule has 144 valence electrons. The lowest BCUT2D eigenvalue weighted by Crippen LogP contribution is -2.33. The van der Waals surface area contributed by atoms with Crippen LogP contribution in [0.15, 0.2) is 54.3 Å². The summed E-state index contributed by atoms with van der Waals surface area (Å²) in [5.41, 5.74) is 2.09. The maximum Gasteiger partial charge on any atom is 0.293 e. The molecular formula is C22H22N2O4. The number of nitrogens with zero attached hydrogens (tertiary/aromatic N) is 1. The highest BCUT2D eigenvalue weighted by Crippen LogP contribution is 2.34. The Morgan fingerprint density at radius 1 is 1.21 bits per heavy atom. The Kier molecular flexibility index (Phi) is 5.12. The van der Waals surface area contributed by atoms with Crippen molar-refractivity contribution in [3.8, 4) is 5.75 Å². The van der Waals surface area contributed by atoms with E-state index in [4.69, 9.17) is 9.47 Å². The number of ether oxygens (including phenoxy) is 2. The molecule has 0 radical (unpaired) electrons. The average molecular weight is 378 g/mol. The number of nitrogens with one attached hydrogen (secondary N) is 1. The molecule has 1 N–H and O–H groups in total. The zero-order chi connectivity index (χ0) is 19.5. The third-order valence-corrected chi connectivity index (χ3v) is 4.95. The van der Waals surface area contributed by atoms with Gasteiger partial charge in [-0.2, -0.15) is 0 Å². The normalized spacial score (nSPS) is 20.0. The molecule has 2 aromatic carbocycles. The Morgan fingerprint density at radius 3 is 2.75 bits per heavy atom. The number of rotatable bonds is 4. The second-order valence-corrected chi connectivity index (χ2v) is 6.91. The van der Waals surface area contributed by atoms with Crippen LogP contribution < -0.4 is 15.0 Å². The molecule has 1 fully saturated rings.